The van der Waals surface area contributed by atoms with Crippen LogP contribution in [0.3, 0.4) is 0 Å². The highest BCUT2D eigenvalue weighted by molar-refractivity contribution is 7.99. The van der Waals surface area contributed by atoms with Crippen LogP contribution in [-0.2, 0) is 17.6 Å². The summed E-state index contributed by atoms with van der Waals surface area (Å²) in [4.78, 5) is 17.4. The molecule has 0 bridgehead atoms. The van der Waals surface area contributed by atoms with Crippen molar-refractivity contribution in [3.05, 3.63) is 119 Å². The van der Waals surface area contributed by atoms with Crippen molar-refractivity contribution in [1.82, 2.24) is 0 Å². The van der Waals surface area contributed by atoms with E-state index in [1.165, 1.54) is 41.8 Å². The largest absolute Gasteiger partial charge is 0.300 e. The summed E-state index contributed by atoms with van der Waals surface area (Å²) >= 11 is 3.54. The Balaban J connectivity index is 1.19. The second-order valence-electron chi connectivity index (χ2n) is 8.66. The van der Waals surface area contributed by atoms with Gasteiger partial charge in [0.1, 0.15) is 5.78 Å². The summed E-state index contributed by atoms with van der Waals surface area (Å²) in [5.41, 5.74) is 5.00. The van der Waals surface area contributed by atoms with Crippen LogP contribution in [-0.4, -0.2) is 5.78 Å². The molecule has 0 aliphatic heterocycles. The lowest BCUT2D eigenvalue weighted by atomic mass is 10.0. The number of rotatable bonds is 10. The van der Waals surface area contributed by atoms with Gasteiger partial charge in [0.25, 0.3) is 0 Å². The Hall–Kier alpha value is -2.75. The predicted octanol–water partition coefficient (Wildman–Crippen LogP) is 8.74. The van der Waals surface area contributed by atoms with Gasteiger partial charge in [0.05, 0.1) is 0 Å². The molecule has 0 aromatic heterocycles. The van der Waals surface area contributed by atoms with Gasteiger partial charge in [0.15, 0.2) is 0 Å². The Morgan fingerprint density at radius 3 is 1.12 bits per heavy atom. The minimum Gasteiger partial charge on any atom is -0.300 e. The Kier molecular flexibility index (Phi) is 8.67. The molecule has 0 fully saturated rings. The van der Waals surface area contributed by atoms with Crippen LogP contribution in [0.25, 0.3) is 0 Å². The third-order valence-electron chi connectivity index (χ3n) is 5.75. The van der Waals surface area contributed by atoms with E-state index in [1.807, 2.05) is 0 Å². The van der Waals surface area contributed by atoms with Crippen molar-refractivity contribution in [2.75, 3.05) is 0 Å². The van der Waals surface area contributed by atoms with E-state index in [9.17, 15) is 4.79 Å². The second kappa shape index (κ2) is 12.1. The van der Waals surface area contributed by atoms with Gasteiger partial charge in [-0.05, 0) is 86.3 Å². The summed E-state index contributed by atoms with van der Waals surface area (Å²) in [6, 6.07) is 34.4. The van der Waals surface area contributed by atoms with E-state index >= 15 is 0 Å². The molecule has 0 aliphatic rings. The molecule has 0 heterocycles. The Morgan fingerprint density at radius 1 is 0.500 bits per heavy atom. The lowest BCUT2D eigenvalue weighted by Crippen LogP contribution is -2.02. The summed E-state index contributed by atoms with van der Waals surface area (Å²) in [5, 5.41) is 0. The molecule has 0 amide bonds. The van der Waals surface area contributed by atoms with Crippen molar-refractivity contribution in [3.63, 3.8) is 0 Å². The maximum atomic E-state index is 12.5. The number of hydrogen-bond acceptors (Lipinski definition) is 3. The smallest absolute Gasteiger partial charge is 0.133 e. The highest BCUT2D eigenvalue weighted by atomic mass is 32.2. The van der Waals surface area contributed by atoms with Gasteiger partial charge in [0.2, 0.25) is 0 Å². The highest BCUT2D eigenvalue weighted by Gasteiger charge is 2.06. The van der Waals surface area contributed by atoms with Gasteiger partial charge >= 0.3 is 0 Å². The third-order valence-corrected chi connectivity index (χ3v) is 7.78. The van der Waals surface area contributed by atoms with Crippen LogP contribution in [0.15, 0.2) is 117 Å². The summed E-state index contributed by atoms with van der Waals surface area (Å²) in [6.07, 6.45) is 2.82. The number of Topliss-reactive ketones (excluding diaryl/α,β-unsaturated/α-hetero) is 1. The van der Waals surface area contributed by atoms with Crippen molar-refractivity contribution in [2.45, 2.75) is 59.1 Å². The van der Waals surface area contributed by atoms with Crippen molar-refractivity contribution in [2.24, 2.45) is 0 Å². The molecule has 0 aliphatic carbocycles. The first-order valence-corrected chi connectivity index (χ1v) is 13.4. The molecule has 3 heteroatoms. The zero-order chi connectivity index (χ0) is 23.8. The number of carbonyl (C=O) groups excluding carboxylic acids is 1. The average Bonchev–Trinajstić information content (AvgIpc) is 2.86. The molecule has 0 spiro atoms. The fourth-order valence-electron chi connectivity index (χ4n) is 3.63. The lowest BCUT2D eigenvalue weighted by Gasteiger charge is -2.06. The van der Waals surface area contributed by atoms with Crippen LogP contribution >= 0.6 is 23.5 Å². The quantitative estimate of drug-likeness (QED) is 0.225. The number of carbonyl (C=O) groups is 1. The van der Waals surface area contributed by atoms with Gasteiger partial charge in [0, 0.05) is 32.4 Å². The topological polar surface area (TPSA) is 17.1 Å². The van der Waals surface area contributed by atoms with E-state index in [0.29, 0.717) is 18.6 Å². The second-order valence-corrected chi connectivity index (χ2v) is 11.0. The van der Waals surface area contributed by atoms with Gasteiger partial charge in [-0.1, -0.05) is 83.2 Å². The van der Waals surface area contributed by atoms with Gasteiger partial charge in [-0.2, -0.15) is 0 Å². The first kappa shape index (κ1) is 24.4. The maximum Gasteiger partial charge on any atom is 0.133 e. The molecule has 0 saturated carbocycles. The molecule has 4 rings (SSSR count). The van der Waals surface area contributed by atoms with Gasteiger partial charge in [-0.3, -0.25) is 4.79 Å². The molecule has 0 atom stereocenters. The molecule has 0 radical (unpaired) electrons. The van der Waals surface area contributed by atoms with Gasteiger partial charge in [-0.15, -0.1) is 0 Å². The predicted molar refractivity (Wildman–Crippen MR) is 145 cm³/mol. The summed E-state index contributed by atoms with van der Waals surface area (Å²) in [5.74, 6) is 0.330. The maximum absolute atomic E-state index is 12.5. The van der Waals surface area contributed by atoms with Crippen molar-refractivity contribution >= 4 is 29.3 Å². The summed E-state index contributed by atoms with van der Waals surface area (Å²) in [6.45, 7) is 4.21. The molecule has 1 nitrogen and oxygen atoms in total. The first-order chi connectivity index (χ1) is 16.5. The molecular weight excluding hydrogens is 452 g/mol. The highest BCUT2D eigenvalue weighted by Crippen LogP contribution is 2.29. The minimum atomic E-state index is 0.330. The van der Waals surface area contributed by atoms with E-state index in [-0.39, 0.29) is 0 Å². The molecule has 4 aromatic carbocycles. The molecule has 0 saturated heterocycles. The van der Waals surface area contributed by atoms with Crippen LogP contribution in [0.2, 0.25) is 0 Å². The molecule has 34 heavy (non-hydrogen) atoms. The van der Waals surface area contributed by atoms with Crippen molar-refractivity contribution in [3.8, 4) is 0 Å². The van der Waals surface area contributed by atoms with Gasteiger partial charge < -0.3 is 0 Å². The lowest BCUT2D eigenvalue weighted by molar-refractivity contribution is -0.119. The van der Waals surface area contributed by atoms with E-state index in [4.69, 9.17) is 0 Å². The van der Waals surface area contributed by atoms with Crippen molar-refractivity contribution < 1.29 is 4.79 Å². The van der Waals surface area contributed by atoms with Crippen LogP contribution in [0.5, 0.6) is 0 Å². The molecule has 4 aromatic rings. The van der Waals surface area contributed by atoms with Crippen LogP contribution < -0.4 is 0 Å². The number of ketones is 1. The van der Waals surface area contributed by atoms with Gasteiger partial charge in [-0.25, -0.2) is 0 Å². The number of hydrogen-bond donors (Lipinski definition) is 0. The first-order valence-electron chi connectivity index (χ1n) is 11.7. The van der Waals surface area contributed by atoms with Crippen LogP contribution in [0.4, 0.5) is 0 Å². The number of benzene rings is 4. The molecule has 0 unspecified atom stereocenters. The summed E-state index contributed by atoms with van der Waals surface area (Å²) < 4.78 is 0. The Bertz CT molecular complexity index is 1100. The standard InChI is InChI=1S/C31H30OS2/c1-23-3-15-28(16-4-23)33-30-19-9-25(10-20-30)7-13-27(32)14-8-26-11-21-31(22-12-26)34-29-17-5-24(2)6-18-29/h3-6,9-12,15-22H,7-8,13-14H2,1-2H3. The average molecular weight is 483 g/mol. The Morgan fingerprint density at radius 2 is 0.794 bits per heavy atom. The van der Waals surface area contributed by atoms with E-state index in [0.717, 1.165) is 12.8 Å². The van der Waals surface area contributed by atoms with Crippen LogP contribution in [0.1, 0.15) is 35.1 Å². The van der Waals surface area contributed by atoms with Crippen LogP contribution in [0, 0.1) is 13.8 Å². The zero-order valence-corrected chi connectivity index (χ0v) is 21.4. The zero-order valence-electron chi connectivity index (χ0n) is 19.8. The molecule has 0 N–H and O–H groups in total. The Labute approximate surface area is 212 Å². The van der Waals surface area contributed by atoms with E-state index in [2.05, 4.69) is 111 Å². The van der Waals surface area contributed by atoms with Crippen molar-refractivity contribution in [1.29, 1.82) is 0 Å². The van der Waals surface area contributed by atoms with E-state index < -0.39 is 0 Å². The van der Waals surface area contributed by atoms with E-state index in [1.54, 1.807) is 23.5 Å². The SMILES string of the molecule is Cc1ccc(Sc2ccc(CCC(=O)CCc3ccc(Sc4ccc(C)cc4)cc3)cc2)cc1. The minimum absolute atomic E-state index is 0.330. The number of aryl methyl sites for hydroxylation is 4. The normalized spacial score (nSPS) is 10.9. The monoisotopic (exact) mass is 482 g/mol. The fourth-order valence-corrected chi connectivity index (χ4v) is 5.26. The molecule has 172 valence electrons. The fraction of sp³-hybridized carbons (Fsp3) is 0.194. The summed E-state index contributed by atoms with van der Waals surface area (Å²) in [7, 11) is 0. The third kappa shape index (κ3) is 7.65. The molecular formula is C31H30OS2.